The maximum Gasteiger partial charge on any atom is 0.240 e. The smallest absolute Gasteiger partial charge is 0.240 e. The Morgan fingerprint density at radius 3 is 2.35 bits per heavy atom. The van der Waals surface area contributed by atoms with Crippen molar-refractivity contribution in [1.82, 2.24) is 4.72 Å². The lowest BCUT2D eigenvalue weighted by Crippen LogP contribution is -2.37. The number of rotatable bonds is 12. The summed E-state index contributed by atoms with van der Waals surface area (Å²) in [4.78, 5) is 0.237. The van der Waals surface area contributed by atoms with Crippen LogP contribution in [0.1, 0.15) is 52.4 Å². The molecule has 1 aromatic carbocycles. The second-order valence-corrected chi connectivity index (χ2v) is 7.55. The van der Waals surface area contributed by atoms with Gasteiger partial charge in [-0.05, 0) is 37.1 Å². The van der Waals surface area contributed by atoms with E-state index in [9.17, 15) is 8.42 Å². The van der Waals surface area contributed by atoms with Crippen LogP contribution in [0.5, 0.6) is 5.75 Å². The van der Waals surface area contributed by atoms with Gasteiger partial charge in [-0.1, -0.05) is 39.5 Å². The van der Waals surface area contributed by atoms with E-state index in [1.807, 2.05) is 0 Å². The number of nitrogens with two attached hydrogens (primary N) is 1. The van der Waals surface area contributed by atoms with Crippen molar-refractivity contribution in [3.8, 4) is 5.75 Å². The molecule has 1 aromatic rings. The molecule has 0 fully saturated rings. The fourth-order valence-corrected chi connectivity index (χ4v) is 3.22. The largest absolute Gasteiger partial charge is 0.494 e. The molecule has 1 unspecified atom stereocenters. The summed E-state index contributed by atoms with van der Waals surface area (Å²) in [5.74, 6) is 0.694. The lowest BCUT2D eigenvalue weighted by molar-refractivity contribution is 0.306. The van der Waals surface area contributed by atoms with Crippen LogP contribution in [0.2, 0.25) is 0 Å². The third-order valence-corrected chi connectivity index (χ3v) is 5.05. The van der Waals surface area contributed by atoms with Crippen molar-refractivity contribution in [1.29, 1.82) is 0 Å². The molecule has 3 N–H and O–H groups in total. The van der Waals surface area contributed by atoms with Crippen LogP contribution < -0.4 is 15.2 Å². The van der Waals surface area contributed by atoms with Gasteiger partial charge < -0.3 is 10.5 Å². The van der Waals surface area contributed by atoms with Crippen LogP contribution in [-0.2, 0) is 10.0 Å². The SMILES string of the molecule is CCCCCOc1ccc(S(=O)(=O)NCC(N)CCCC)cc1. The predicted molar refractivity (Wildman–Crippen MR) is 94.2 cm³/mol. The van der Waals surface area contributed by atoms with E-state index in [1.165, 1.54) is 0 Å². The number of benzene rings is 1. The number of nitrogens with one attached hydrogen (secondary N) is 1. The quantitative estimate of drug-likeness (QED) is 0.572. The summed E-state index contributed by atoms with van der Waals surface area (Å²) in [6.07, 6.45) is 6.17. The van der Waals surface area contributed by atoms with Gasteiger partial charge in [0.2, 0.25) is 10.0 Å². The maximum absolute atomic E-state index is 12.2. The van der Waals surface area contributed by atoms with Gasteiger partial charge in [0.25, 0.3) is 0 Å². The van der Waals surface area contributed by atoms with Crippen LogP contribution in [0.4, 0.5) is 0 Å². The summed E-state index contributed by atoms with van der Waals surface area (Å²) in [5.41, 5.74) is 5.90. The minimum Gasteiger partial charge on any atom is -0.494 e. The van der Waals surface area contributed by atoms with Crippen LogP contribution in [0.25, 0.3) is 0 Å². The second-order valence-electron chi connectivity index (χ2n) is 5.78. The summed E-state index contributed by atoms with van der Waals surface area (Å²) < 4.78 is 32.6. The highest BCUT2D eigenvalue weighted by Crippen LogP contribution is 2.16. The minimum absolute atomic E-state index is 0.147. The van der Waals surface area contributed by atoms with Crippen molar-refractivity contribution in [2.24, 2.45) is 5.73 Å². The van der Waals surface area contributed by atoms with E-state index in [-0.39, 0.29) is 17.5 Å². The molecule has 6 heteroatoms. The third kappa shape index (κ3) is 7.81. The van der Waals surface area contributed by atoms with Crippen molar-refractivity contribution in [3.05, 3.63) is 24.3 Å². The second kappa shape index (κ2) is 10.6. The lowest BCUT2D eigenvalue weighted by atomic mass is 10.1. The van der Waals surface area contributed by atoms with Gasteiger partial charge >= 0.3 is 0 Å². The average Bonchev–Trinajstić information content (AvgIpc) is 2.55. The van der Waals surface area contributed by atoms with E-state index in [2.05, 4.69) is 18.6 Å². The van der Waals surface area contributed by atoms with E-state index < -0.39 is 10.0 Å². The molecule has 1 rings (SSSR count). The average molecular weight is 343 g/mol. The Balaban J connectivity index is 2.50. The molecule has 132 valence electrons. The molecule has 0 aliphatic heterocycles. The monoisotopic (exact) mass is 342 g/mol. The Bertz CT molecular complexity index is 529. The summed E-state index contributed by atoms with van der Waals surface area (Å²) in [6, 6.07) is 6.37. The number of ether oxygens (including phenoxy) is 1. The van der Waals surface area contributed by atoms with Crippen LogP contribution in [-0.4, -0.2) is 27.6 Å². The highest BCUT2D eigenvalue weighted by Gasteiger charge is 2.15. The Labute approximate surface area is 140 Å². The first-order valence-electron chi connectivity index (χ1n) is 8.47. The van der Waals surface area contributed by atoms with Crippen molar-refractivity contribution in [2.45, 2.75) is 63.3 Å². The van der Waals surface area contributed by atoms with Gasteiger partial charge in [0, 0.05) is 12.6 Å². The van der Waals surface area contributed by atoms with E-state index in [1.54, 1.807) is 24.3 Å². The molecule has 0 saturated carbocycles. The standard InChI is InChI=1S/C17H30N2O3S/c1-3-5-7-13-22-16-9-11-17(12-10-16)23(20,21)19-14-15(18)8-6-4-2/h9-12,15,19H,3-8,13-14,18H2,1-2H3. The van der Waals surface area contributed by atoms with Crippen molar-refractivity contribution in [2.75, 3.05) is 13.2 Å². The van der Waals surface area contributed by atoms with Crippen LogP contribution >= 0.6 is 0 Å². The van der Waals surface area contributed by atoms with E-state index in [0.717, 1.165) is 38.5 Å². The van der Waals surface area contributed by atoms with Gasteiger partial charge in [0.1, 0.15) is 5.75 Å². The first kappa shape index (κ1) is 19.9. The van der Waals surface area contributed by atoms with Crippen molar-refractivity contribution < 1.29 is 13.2 Å². The van der Waals surface area contributed by atoms with Crippen LogP contribution in [0.15, 0.2) is 29.2 Å². The fraction of sp³-hybridized carbons (Fsp3) is 0.647. The zero-order chi connectivity index (χ0) is 17.1. The summed E-state index contributed by atoms with van der Waals surface area (Å²) in [5, 5.41) is 0. The van der Waals surface area contributed by atoms with E-state index >= 15 is 0 Å². The zero-order valence-corrected chi connectivity index (χ0v) is 15.1. The Hall–Kier alpha value is -1.11. The molecule has 0 bridgehead atoms. The first-order chi connectivity index (χ1) is 11.0. The third-order valence-electron chi connectivity index (χ3n) is 3.61. The zero-order valence-electron chi connectivity index (χ0n) is 14.3. The van der Waals surface area contributed by atoms with Crippen LogP contribution in [0.3, 0.4) is 0 Å². The predicted octanol–water partition coefficient (Wildman–Crippen LogP) is 3.05. The molecule has 0 spiro atoms. The molecule has 0 aliphatic carbocycles. The molecular formula is C17H30N2O3S. The maximum atomic E-state index is 12.2. The highest BCUT2D eigenvalue weighted by atomic mass is 32.2. The highest BCUT2D eigenvalue weighted by molar-refractivity contribution is 7.89. The van der Waals surface area contributed by atoms with Gasteiger partial charge in [-0.3, -0.25) is 0 Å². The van der Waals surface area contributed by atoms with Crippen LogP contribution in [0, 0.1) is 0 Å². The Morgan fingerprint density at radius 1 is 1.09 bits per heavy atom. The minimum atomic E-state index is -3.51. The number of hydrogen-bond acceptors (Lipinski definition) is 4. The van der Waals surface area contributed by atoms with Crippen molar-refractivity contribution in [3.63, 3.8) is 0 Å². The van der Waals surface area contributed by atoms with E-state index in [0.29, 0.717) is 12.4 Å². The first-order valence-corrected chi connectivity index (χ1v) is 9.96. The van der Waals surface area contributed by atoms with Crippen molar-refractivity contribution >= 4 is 10.0 Å². The Morgan fingerprint density at radius 2 is 1.74 bits per heavy atom. The molecular weight excluding hydrogens is 312 g/mol. The fourth-order valence-electron chi connectivity index (χ4n) is 2.13. The Kier molecular flexibility index (Phi) is 9.21. The molecule has 0 heterocycles. The van der Waals surface area contributed by atoms with E-state index in [4.69, 9.17) is 10.5 Å². The molecule has 5 nitrogen and oxygen atoms in total. The lowest BCUT2D eigenvalue weighted by Gasteiger charge is -2.13. The number of sulfonamides is 1. The number of unbranched alkanes of at least 4 members (excludes halogenated alkanes) is 3. The van der Waals surface area contributed by atoms with Gasteiger partial charge in [-0.25, -0.2) is 13.1 Å². The van der Waals surface area contributed by atoms with Gasteiger partial charge in [-0.2, -0.15) is 0 Å². The topological polar surface area (TPSA) is 81.4 Å². The molecule has 0 aromatic heterocycles. The molecule has 0 amide bonds. The molecule has 0 saturated heterocycles. The number of hydrogen-bond donors (Lipinski definition) is 2. The van der Waals surface area contributed by atoms with Gasteiger partial charge in [-0.15, -0.1) is 0 Å². The van der Waals surface area contributed by atoms with Gasteiger partial charge in [0.15, 0.2) is 0 Å². The molecule has 1 atom stereocenters. The normalized spacial score (nSPS) is 13.0. The van der Waals surface area contributed by atoms with Gasteiger partial charge in [0.05, 0.1) is 11.5 Å². The summed E-state index contributed by atoms with van der Waals surface area (Å²) in [7, 11) is -3.51. The molecule has 0 radical (unpaired) electrons. The molecule has 0 aliphatic rings. The molecule has 23 heavy (non-hydrogen) atoms. The summed E-state index contributed by atoms with van der Waals surface area (Å²) in [6.45, 7) is 5.14. The summed E-state index contributed by atoms with van der Waals surface area (Å²) >= 11 is 0.